The third-order valence-electron chi connectivity index (χ3n) is 4.69. The molecule has 1 saturated heterocycles. The maximum atomic E-state index is 13.3. The summed E-state index contributed by atoms with van der Waals surface area (Å²) >= 11 is 1.50. The van der Waals surface area contributed by atoms with E-state index < -0.39 is 0 Å². The van der Waals surface area contributed by atoms with Gasteiger partial charge in [-0.15, -0.1) is 0 Å². The van der Waals surface area contributed by atoms with Gasteiger partial charge >= 0.3 is 0 Å². The first-order chi connectivity index (χ1) is 13.0. The van der Waals surface area contributed by atoms with Gasteiger partial charge in [0.25, 0.3) is 5.91 Å². The number of hydrogen-bond acceptors (Lipinski definition) is 6. The molecule has 0 N–H and O–H groups in total. The van der Waals surface area contributed by atoms with Gasteiger partial charge in [-0.1, -0.05) is 11.3 Å². The zero-order chi connectivity index (χ0) is 19.0. The molecule has 0 saturated carbocycles. The number of nitrogens with zero attached hydrogens (tertiary/aromatic N) is 4. The molecular weight excluding hydrogens is 364 g/mol. The highest BCUT2D eigenvalue weighted by Gasteiger charge is 2.28. The Bertz CT molecular complexity index is 975. The Morgan fingerprint density at radius 2 is 2.30 bits per heavy atom. The first kappa shape index (κ1) is 17.9. The average molecular weight is 386 g/mol. The SMILES string of the molecule is COc1ccc2sc(N(C[C@@H]3CCCO3)C(=O)c3cc(C)nn3C)nc2c1. The first-order valence-electron chi connectivity index (χ1n) is 8.94. The Morgan fingerprint density at radius 3 is 2.96 bits per heavy atom. The number of rotatable bonds is 5. The van der Waals surface area contributed by atoms with Gasteiger partial charge in [-0.05, 0) is 38.0 Å². The smallest absolute Gasteiger partial charge is 0.278 e. The van der Waals surface area contributed by atoms with Crippen molar-refractivity contribution in [3.8, 4) is 5.75 Å². The van der Waals surface area contributed by atoms with E-state index in [0.29, 0.717) is 17.4 Å². The van der Waals surface area contributed by atoms with Gasteiger partial charge in [0.05, 0.1) is 35.7 Å². The molecule has 7 nitrogen and oxygen atoms in total. The van der Waals surface area contributed by atoms with E-state index in [-0.39, 0.29) is 12.0 Å². The number of thiazole rings is 1. The molecule has 3 heterocycles. The number of carbonyl (C=O) groups excluding carboxylic acids is 1. The molecule has 0 radical (unpaired) electrons. The van der Waals surface area contributed by atoms with Gasteiger partial charge in [0.1, 0.15) is 11.4 Å². The van der Waals surface area contributed by atoms with Crippen LogP contribution in [-0.2, 0) is 11.8 Å². The van der Waals surface area contributed by atoms with Crippen molar-refractivity contribution in [1.82, 2.24) is 14.8 Å². The molecule has 0 bridgehead atoms. The predicted molar refractivity (Wildman–Crippen MR) is 105 cm³/mol. The van der Waals surface area contributed by atoms with Crippen LogP contribution in [0.15, 0.2) is 24.3 Å². The van der Waals surface area contributed by atoms with Crippen molar-refractivity contribution in [3.63, 3.8) is 0 Å². The quantitative estimate of drug-likeness (QED) is 0.674. The maximum Gasteiger partial charge on any atom is 0.278 e. The maximum absolute atomic E-state index is 13.3. The molecule has 0 aliphatic carbocycles. The van der Waals surface area contributed by atoms with E-state index in [2.05, 4.69) is 5.10 Å². The molecule has 1 atom stereocenters. The van der Waals surface area contributed by atoms with Crippen molar-refractivity contribution >= 4 is 32.6 Å². The van der Waals surface area contributed by atoms with Crippen molar-refractivity contribution in [2.75, 3.05) is 25.2 Å². The fraction of sp³-hybridized carbons (Fsp3) is 0.421. The fourth-order valence-corrected chi connectivity index (χ4v) is 4.28. The Balaban J connectivity index is 1.72. The molecule has 1 aliphatic heterocycles. The van der Waals surface area contributed by atoms with E-state index in [9.17, 15) is 4.79 Å². The first-order valence-corrected chi connectivity index (χ1v) is 9.75. The van der Waals surface area contributed by atoms with E-state index in [1.165, 1.54) is 11.3 Å². The van der Waals surface area contributed by atoms with E-state index >= 15 is 0 Å². The third-order valence-corrected chi connectivity index (χ3v) is 5.75. The normalized spacial score (nSPS) is 16.8. The van der Waals surface area contributed by atoms with E-state index in [0.717, 1.165) is 41.1 Å². The van der Waals surface area contributed by atoms with Gasteiger partial charge < -0.3 is 9.47 Å². The number of methoxy groups -OCH3 is 1. The van der Waals surface area contributed by atoms with E-state index in [1.807, 2.05) is 25.1 Å². The molecule has 8 heteroatoms. The summed E-state index contributed by atoms with van der Waals surface area (Å²) in [5.41, 5.74) is 2.18. The minimum atomic E-state index is -0.111. The number of fused-ring (bicyclic) bond motifs is 1. The lowest BCUT2D eigenvalue weighted by Crippen LogP contribution is -2.38. The molecular formula is C19H22N4O3S. The largest absolute Gasteiger partial charge is 0.497 e. The van der Waals surface area contributed by atoms with Gasteiger partial charge in [0.2, 0.25) is 0 Å². The van der Waals surface area contributed by atoms with Gasteiger partial charge in [0.15, 0.2) is 5.13 Å². The van der Waals surface area contributed by atoms with E-state index in [4.69, 9.17) is 14.5 Å². The molecule has 4 rings (SSSR count). The molecule has 0 spiro atoms. The van der Waals surface area contributed by atoms with Crippen molar-refractivity contribution in [2.45, 2.75) is 25.9 Å². The Labute approximate surface area is 161 Å². The Kier molecular flexibility index (Phi) is 4.84. The average Bonchev–Trinajstić information content (AvgIpc) is 3.37. The molecule has 1 aliphatic rings. The minimum absolute atomic E-state index is 0.0322. The number of hydrogen-bond donors (Lipinski definition) is 0. The van der Waals surface area contributed by atoms with Gasteiger partial charge in [-0.2, -0.15) is 5.10 Å². The van der Waals surface area contributed by atoms with E-state index in [1.54, 1.807) is 29.8 Å². The number of aryl methyl sites for hydroxylation is 2. The topological polar surface area (TPSA) is 69.5 Å². The van der Waals surface area contributed by atoms with Crippen molar-refractivity contribution in [2.24, 2.45) is 7.05 Å². The highest BCUT2D eigenvalue weighted by atomic mass is 32.1. The second-order valence-electron chi connectivity index (χ2n) is 6.68. The fourth-order valence-electron chi connectivity index (χ4n) is 3.33. The monoisotopic (exact) mass is 386 g/mol. The van der Waals surface area contributed by atoms with Crippen molar-refractivity contribution in [3.05, 3.63) is 35.7 Å². The highest BCUT2D eigenvalue weighted by molar-refractivity contribution is 7.22. The summed E-state index contributed by atoms with van der Waals surface area (Å²) in [5.74, 6) is 0.637. The predicted octanol–water partition coefficient (Wildman–Crippen LogP) is 3.17. The molecule has 1 fully saturated rings. The number of ether oxygens (including phenoxy) is 2. The summed E-state index contributed by atoms with van der Waals surface area (Å²) in [7, 11) is 3.42. The number of aromatic nitrogens is 3. The van der Waals surface area contributed by atoms with Crippen molar-refractivity contribution < 1.29 is 14.3 Å². The number of benzene rings is 1. The van der Waals surface area contributed by atoms with Gasteiger partial charge in [-0.3, -0.25) is 14.4 Å². The second kappa shape index (κ2) is 7.28. The molecule has 142 valence electrons. The van der Waals surface area contributed by atoms with Crippen molar-refractivity contribution in [1.29, 1.82) is 0 Å². The van der Waals surface area contributed by atoms with Crippen LogP contribution in [0.4, 0.5) is 5.13 Å². The molecule has 1 amide bonds. The summed E-state index contributed by atoms with van der Waals surface area (Å²) in [6, 6.07) is 7.57. The van der Waals surface area contributed by atoms with Crippen LogP contribution in [0.2, 0.25) is 0 Å². The summed E-state index contributed by atoms with van der Waals surface area (Å²) in [4.78, 5) is 19.7. The number of anilines is 1. The Morgan fingerprint density at radius 1 is 1.44 bits per heavy atom. The van der Waals surface area contributed by atoms with Crippen LogP contribution in [0.25, 0.3) is 10.2 Å². The lowest BCUT2D eigenvalue weighted by atomic mass is 10.2. The lowest BCUT2D eigenvalue weighted by molar-refractivity contribution is 0.0909. The summed E-state index contributed by atoms with van der Waals surface area (Å²) < 4.78 is 13.7. The molecule has 3 aromatic rings. The zero-order valence-electron chi connectivity index (χ0n) is 15.6. The summed E-state index contributed by atoms with van der Waals surface area (Å²) in [5, 5.41) is 4.97. The molecule has 27 heavy (non-hydrogen) atoms. The molecule has 2 aromatic heterocycles. The van der Waals surface area contributed by atoms with Crippen LogP contribution in [0.1, 0.15) is 29.0 Å². The lowest BCUT2D eigenvalue weighted by Gasteiger charge is -2.22. The summed E-state index contributed by atoms with van der Waals surface area (Å²) in [6.45, 7) is 3.11. The zero-order valence-corrected chi connectivity index (χ0v) is 16.5. The highest BCUT2D eigenvalue weighted by Crippen LogP contribution is 2.32. The van der Waals surface area contributed by atoms with Crippen LogP contribution in [-0.4, -0.2) is 47.0 Å². The van der Waals surface area contributed by atoms with Gasteiger partial charge in [0, 0.05) is 19.7 Å². The standard InChI is InChI=1S/C19H22N4O3S/c1-12-9-16(22(2)21-12)18(24)23(11-14-5-4-8-26-14)19-20-15-10-13(25-3)6-7-17(15)27-19/h6-7,9-10,14H,4-5,8,11H2,1-3H3/t14-/m0/s1. The van der Waals surface area contributed by atoms with Crippen LogP contribution >= 0.6 is 11.3 Å². The second-order valence-corrected chi connectivity index (χ2v) is 7.68. The van der Waals surface area contributed by atoms with Crippen LogP contribution in [0.5, 0.6) is 5.75 Å². The van der Waals surface area contributed by atoms with Crippen LogP contribution < -0.4 is 9.64 Å². The molecule has 0 unspecified atom stereocenters. The van der Waals surface area contributed by atoms with Crippen LogP contribution in [0.3, 0.4) is 0 Å². The Hall–Kier alpha value is -2.45. The summed E-state index contributed by atoms with van der Waals surface area (Å²) in [6.07, 6.45) is 2.01. The van der Waals surface area contributed by atoms with Gasteiger partial charge in [-0.25, -0.2) is 4.98 Å². The number of amides is 1. The third kappa shape index (κ3) is 3.54. The minimum Gasteiger partial charge on any atom is -0.497 e. The van der Waals surface area contributed by atoms with Crippen LogP contribution in [0, 0.1) is 6.92 Å². The number of carbonyl (C=O) groups is 1. The molecule has 1 aromatic carbocycles.